The van der Waals surface area contributed by atoms with Gasteiger partial charge in [-0.3, -0.25) is 14.5 Å². The number of hydrogen-bond acceptors (Lipinski definition) is 4. The molecule has 0 radical (unpaired) electrons. The lowest BCUT2D eigenvalue weighted by Crippen LogP contribution is -2.49. The predicted octanol–water partition coefficient (Wildman–Crippen LogP) is 5.02. The Morgan fingerprint density at radius 2 is 1.71 bits per heavy atom. The third kappa shape index (κ3) is 5.08. The molecule has 188 valence electrons. The van der Waals surface area contributed by atoms with Gasteiger partial charge in [0, 0.05) is 24.2 Å². The Labute approximate surface area is 209 Å². The number of nitrogens with one attached hydrogen (secondary N) is 1. The lowest BCUT2D eigenvalue weighted by molar-refractivity contribution is -0.146. The van der Waals surface area contributed by atoms with Crippen LogP contribution in [0.25, 0.3) is 0 Å². The third-order valence-corrected chi connectivity index (χ3v) is 7.51. The average molecular weight is 478 g/mol. The van der Waals surface area contributed by atoms with Gasteiger partial charge in [0.1, 0.15) is 11.8 Å². The van der Waals surface area contributed by atoms with Crippen LogP contribution in [0.5, 0.6) is 5.75 Å². The molecule has 2 amide bonds. The van der Waals surface area contributed by atoms with Crippen molar-refractivity contribution in [2.45, 2.75) is 73.4 Å². The van der Waals surface area contributed by atoms with Gasteiger partial charge in [0.25, 0.3) is 5.91 Å². The van der Waals surface area contributed by atoms with Gasteiger partial charge in [0.2, 0.25) is 5.91 Å². The van der Waals surface area contributed by atoms with Gasteiger partial charge in [0.15, 0.2) is 0 Å². The standard InChI is InChI=1S/C29H39N3O3/c1-18-15-24(19(2)20(3)26(18)33)30-27(34)25-23-16-21(17-31-12-7-8-13-31)9-10-22(23)11-14-32(25)28(35)29(4,5)6/h9-10,15-16,25,33H,7-8,11-14,17H2,1-6H3,(H,30,34). The zero-order chi connectivity index (χ0) is 25.5. The molecule has 35 heavy (non-hydrogen) atoms. The summed E-state index contributed by atoms with van der Waals surface area (Å²) in [5, 5.41) is 13.4. The summed E-state index contributed by atoms with van der Waals surface area (Å²) in [5.74, 6) is 0.0112. The first-order valence-electron chi connectivity index (χ1n) is 12.7. The molecule has 2 aliphatic rings. The molecular weight excluding hydrogens is 438 g/mol. The fourth-order valence-corrected chi connectivity index (χ4v) is 5.29. The quantitative estimate of drug-likeness (QED) is 0.606. The molecule has 2 aromatic carbocycles. The molecule has 0 bridgehead atoms. The number of aryl methyl sites for hydroxylation is 1. The predicted molar refractivity (Wildman–Crippen MR) is 140 cm³/mol. The summed E-state index contributed by atoms with van der Waals surface area (Å²) in [6, 6.07) is 7.56. The molecular formula is C29H39N3O3. The van der Waals surface area contributed by atoms with Crippen LogP contribution >= 0.6 is 0 Å². The molecule has 0 spiro atoms. The highest BCUT2D eigenvalue weighted by molar-refractivity contribution is 5.99. The molecule has 2 aliphatic heterocycles. The van der Waals surface area contributed by atoms with Crippen molar-refractivity contribution in [3.63, 3.8) is 0 Å². The molecule has 0 saturated carbocycles. The number of likely N-dealkylation sites (tertiary alicyclic amines) is 1. The summed E-state index contributed by atoms with van der Waals surface area (Å²) in [6.45, 7) is 14.9. The first-order valence-corrected chi connectivity index (χ1v) is 12.7. The molecule has 0 aromatic heterocycles. The lowest BCUT2D eigenvalue weighted by Gasteiger charge is -2.40. The summed E-state index contributed by atoms with van der Waals surface area (Å²) in [4.78, 5) is 31.6. The van der Waals surface area contributed by atoms with Gasteiger partial charge in [-0.25, -0.2) is 0 Å². The minimum atomic E-state index is -0.696. The number of benzene rings is 2. The number of phenolic OH excluding ortho intramolecular Hbond substituents is 1. The Morgan fingerprint density at radius 3 is 2.37 bits per heavy atom. The van der Waals surface area contributed by atoms with Crippen molar-refractivity contribution in [1.29, 1.82) is 0 Å². The van der Waals surface area contributed by atoms with Crippen LogP contribution in [0.4, 0.5) is 5.69 Å². The van der Waals surface area contributed by atoms with Crippen molar-refractivity contribution in [2.24, 2.45) is 5.41 Å². The molecule has 1 saturated heterocycles. The van der Waals surface area contributed by atoms with Crippen LogP contribution in [0.1, 0.15) is 73.0 Å². The van der Waals surface area contributed by atoms with Crippen LogP contribution in [-0.4, -0.2) is 46.4 Å². The van der Waals surface area contributed by atoms with E-state index in [9.17, 15) is 14.7 Å². The van der Waals surface area contributed by atoms with Crippen LogP contribution in [0.3, 0.4) is 0 Å². The second kappa shape index (κ2) is 9.65. The van der Waals surface area contributed by atoms with Gasteiger partial charge >= 0.3 is 0 Å². The van der Waals surface area contributed by atoms with Gasteiger partial charge < -0.3 is 15.3 Å². The fraction of sp³-hybridized carbons (Fsp3) is 0.517. The molecule has 1 fully saturated rings. The van der Waals surface area contributed by atoms with E-state index in [1.165, 1.54) is 18.4 Å². The van der Waals surface area contributed by atoms with E-state index < -0.39 is 11.5 Å². The number of hydrogen-bond donors (Lipinski definition) is 2. The van der Waals surface area contributed by atoms with Crippen LogP contribution < -0.4 is 5.32 Å². The second-order valence-electron chi connectivity index (χ2n) is 11.2. The number of fused-ring (bicyclic) bond motifs is 1. The van der Waals surface area contributed by atoms with Crippen molar-refractivity contribution in [3.8, 4) is 5.75 Å². The topological polar surface area (TPSA) is 72.9 Å². The maximum absolute atomic E-state index is 13.9. The minimum Gasteiger partial charge on any atom is -0.507 e. The molecule has 2 heterocycles. The van der Waals surface area contributed by atoms with Gasteiger partial charge in [-0.15, -0.1) is 0 Å². The van der Waals surface area contributed by atoms with Crippen LogP contribution in [0.15, 0.2) is 24.3 Å². The highest BCUT2D eigenvalue weighted by Crippen LogP contribution is 2.36. The van der Waals surface area contributed by atoms with E-state index in [0.29, 0.717) is 17.8 Å². The van der Waals surface area contributed by atoms with Crippen molar-refractivity contribution in [2.75, 3.05) is 25.0 Å². The largest absolute Gasteiger partial charge is 0.507 e. The summed E-state index contributed by atoms with van der Waals surface area (Å²) in [6.07, 6.45) is 3.20. The van der Waals surface area contributed by atoms with Crippen molar-refractivity contribution in [3.05, 3.63) is 57.6 Å². The number of amides is 2. The van der Waals surface area contributed by atoms with E-state index in [2.05, 4.69) is 28.4 Å². The van der Waals surface area contributed by atoms with Crippen molar-refractivity contribution >= 4 is 17.5 Å². The fourth-order valence-electron chi connectivity index (χ4n) is 5.29. The Kier molecular flexibility index (Phi) is 6.96. The smallest absolute Gasteiger partial charge is 0.251 e. The van der Waals surface area contributed by atoms with Gasteiger partial charge in [-0.05, 0) is 92.6 Å². The van der Waals surface area contributed by atoms with E-state index in [1.54, 1.807) is 11.0 Å². The zero-order valence-electron chi connectivity index (χ0n) is 22.0. The molecule has 0 aliphatic carbocycles. The maximum atomic E-state index is 13.9. The second-order valence-corrected chi connectivity index (χ2v) is 11.2. The zero-order valence-corrected chi connectivity index (χ0v) is 22.0. The van der Waals surface area contributed by atoms with Gasteiger partial charge in [0.05, 0.1) is 0 Å². The van der Waals surface area contributed by atoms with E-state index in [1.807, 2.05) is 41.5 Å². The average Bonchev–Trinajstić information content (AvgIpc) is 3.32. The highest BCUT2D eigenvalue weighted by atomic mass is 16.3. The van der Waals surface area contributed by atoms with E-state index in [-0.39, 0.29) is 17.6 Å². The number of carbonyl (C=O) groups is 2. The van der Waals surface area contributed by atoms with Crippen LogP contribution in [0.2, 0.25) is 0 Å². The third-order valence-electron chi connectivity index (χ3n) is 7.51. The first kappa shape index (κ1) is 25.2. The summed E-state index contributed by atoms with van der Waals surface area (Å²) in [7, 11) is 0. The lowest BCUT2D eigenvalue weighted by atomic mass is 9.86. The molecule has 6 heteroatoms. The number of carbonyl (C=O) groups excluding carboxylic acids is 2. The minimum absolute atomic E-state index is 0.0250. The number of rotatable bonds is 4. The first-order chi connectivity index (χ1) is 16.5. The van der Waals surface area contributed by atoms with Crippen molar-refractivity contribution in [1.82, 2.24) is 9.80 Å². The molecule has 1 unspecified atom stereocenters. The van der Waals surface area contributed by atoms with E-state index >= 15 is 0 Å². The number of anilines is 1. The molecule has 2 N–H and O–H groups in total. The normalized spacial score (nSPS) is 18.5. The Morgan fingerprint density at radius 1 is 1.03 bits per heavy atom. The summed E-state index contributed by atoms with van der Waals surface area (Å²) < 4.78 is 0. The maximum Gasteiger partial charge on any atom is 0.251 e. The molecule has 2 aromatic rings. The molecule has 6 nitrogen and oxygen atoms in total. The Hall–Kier alpha value is -2.86. The van der Waals surface area contributed by atoms with Gasteiger partial charge in [-0.2, -0.15) is 0 Å². The molecule has 4 rings (SSSR count). The summed E-state index contributed by atoms with van der Waals surface area (Å²) >= 11 is 0. The van der Waals surface area contributed by atoms with Gasteiger partial charge in [-0.1, -0.05) is 39.0 Å². The van der Waals surface area contributed by atoms with E-state index in [4.69, 9.17) is 0 Å². The summed E-state index contributed by atoms with van der Waals surface area (Å²) in [5.41, 5.74) is 5.60. The highest BCUT2D eigenvalue weighted by Gasteiger charge is 2.40. The van der Waals surface area contributed by atoms with Crippen LogP contribution in [0, 0.1) is 26.2 Å². The number of aromatic hydroxyl groups is 1. The molecule has 1 atom stereocenters. The monoisotopic (exact) mass is 477 g/mol. The Balaban J connectivity index is 1.73. The number of phenols is 1. The van der Waals surface area contributed by atoms with Crippen molar-refractivity contribution < 1.29 is 14.7 Å². The van der Waals surface area contributed by atoms with E-state index in [0.717, 1.165) is 48.3 Å². The Bertz CT molecular complexity index is 1140. The number of nitrogens with zero attached hydrogens (tertiary/aromatic N) is 2. The SMILES string of the molecule is Cc1cc(NC(=O)C2c3cc(CN4CCCC4)ccc3CCN2C(=O)C(C)(C)C)c(C)c(C)c1O. The van der Waals surface area contributed by atoms with Crippen LogP contribution in [-0.2, 0) is 22.6 Å².